The Hall–Kier alpha value is -3.73. The van der Waals surface area contributed by atoms with E-state index in [1.165, 1.54) is 25.7 Å². The second-order valence-corrected chi connectivity index (χ2v) is 12.7. The minimum absolute atomic E-state index is 0.0963. The molecule has 220 valence electrons. The van der Waals surface area contributed by atoms with E-state index >= 15 is 0 Å². The first-order valence-corrected chi connectivity index (χ1v) is 15.4. The van der Waals surface area contributed by atoms with Gasteiger partial charge in [-0.3, -0.25) is 19.3 Å². The minimum atomic E-state index is -0.650. The fourth-order valence-corrected chi connectivity index (χ4v) is 6.73. The lowest BCUT2D eigenvalue weighted by Gasteiger charge is -2.41. The molecule has 5 heterocycles. The molecule has 12 heteroatoms. The van der Waals surface area contributed by atoms with E-state index in [0.717, 1.165) is 47.8 Å². The molecule has 2 aliphatic carbocycles. The number of fused-ring (bicyclic) bond motifs is 1. The number of aromatic amines is 1. The molecule has 0 bridgehead atoms. The molecule has 3 aliphatic rings. The molecule has 1 amide bonds. The Morgan fingerprint density at radius 2 is 1.88 bits per heavy atom. The quantitative estimate of drug-likeness (QED) is 0.340. The Kier molecular flexibility index (Phi) is 7.00. The molecule has 1 atom stereocenters. The van der Waals surface area contributed by atoms with E-state index in [-0.39, 0.29) is 23.7 Å². The van der Waals surface area contributed by atoms with Gasteiger partial charge in [-0.25, -0.2) is 14.8 Å². The number of halogens is 1. The number of nitrogens with one attached hydrogen (secondary N) is 1. The van der Waals surface area contributed by atoms with Gasteiger partial charge in [0.15, 0.2) is 0 Å². The molecule has 1 N–H and O–H groups in total. The Labute approximate surface area is 248 Å². The molecule has 1 saturated heterocycles. The summed E-state index contributed by atoms with van der Waals surface area (Å²) in [6.45, 7) is 7.38. The maximum Gasteiger partial charge on any atom is 0.439 e. The first kappa shape index (κ1) is 27.1. The number of hydrogen-bond donors (Lipinski definition) is 1. The predicted octanol–water partition coefficient (Wildman–Crippen LogP) is 4.76. The number of piperazine rings is 1. The smallest absolute Gasteiger partial charge is 0.339 e. The Morgan fingerprint density at radius 3 is 2.57 bits per heavy atom. The van der Waals surface area contributed by atoms with Crippen LogP contribution in [-0.2, 0) is 11.3 Å². The highest BCUT2D eigenvalue weighted by molar-refractivity contribution is 6.30. The summed E-state index contributed by atoms with van der Waals surface area (Å²) in [4.78, 5) is 46.2. The third-order valence-corrected chi connectivity index (χ3v) is 9.27. The van der Waals surface area contributed by atoms with Crippen molar-refractivity contribution in [1.29, 1.82) is 0 Å². The van der Waals surface area contributed by atoms with Crippen molar-refractivity contribution in [1.82, 2.24) is 34.6 Å². The number of aromatic nitrogens is 6. The van der Waals surface area contributed by atoms with Gasteiger partial charge in [-0.2, -0.15) is 0 Å². The number of rotatable bonds is 6. The number of pyridine rings is 2. The van der Waals surface area contributed by atoms with Crippen LogP contribution in [-0.4, -0.2) is 66.1 Å². The van der Waals surface area contributed by atoms with E-state index in [4.69, 9.17) is 26.1 Å². The molecule has 3 fully saturated rings. The number of imidazole rings is 1. The van der Waals surface area contributed by atoms with Crippen LogP contribution in [0.5, 0.6) is 0 Å². The first-order valence-electron chi connectivity index (χ1n) is 15.0. The zero-order valence-electron chi connectivity index (χ0n) is 23.9. The monoisotopic (exact) mass is 590 g/mol. The van der Waals surface area contributed by atoms with Gasteiger partial charge in [-0.1, -0.05) is 36.5 Å². The van der Waals surface area contributed by atoms with Gasteiger partial charge in [0.1, 0.15) is 5.69 Å². The molecule has 4 aromatic rings. The Balaban J connectivity index is 1.37. The fraction of sp³-hybridized carbons (Fsp3) is 0.533. The molecule has 0 unspecified atom stereocenters. The third-order valence-electron chi connectivity index (χ3n) is 9.06. The molecular weight excluding hydrogens is 556 g/mol. The summed E-state index contributed by atoms with van der Waals surface area (Å²) in [5.41, 5.74) is 3.49. The number of hydrogen-bond acceptors (Lipinski definition) is 8. The van der Waals surface area contributed by atoms with Gasteiger partial charge < -0.3 is 14.4 Å². The highest BCUT2D eigenvalue weighted by atomic mass is 35.5. The standard InChI is InChI=1S/C30H35ClN8O3/c1-17-3-5-19(6-4-17)16-39-26-23(34-29(39)38-10-9-37(15-18(38)2)28(40)20-7-8-20)12-24(27-35-30(41)42-36-27)33-25(26)21-11-22(31)14-32-13-21/h11-14,17-20H,3-10,15-16H2,1-2H3,(H,35,36,41)/t17?,18-,19?/m0/s1. The fourth-order valence-electron chi connectivity index (χ4n) is 6.55. The Morgan fingerprint density at radius 1 is 1.07 bits per heavy atom. The molecule has 42 heavy (non-hydrogen) atoms. The van der Waals surface area contributed by atoms with Gasteiger partial charge in [0, 0.05) is 56.1 Å². The molecule has 0 spiro atoms. The summed E-state index contributed by atoms with van der Waals surface area (Å²) in [5.74, 6) is 2.22. The SMILES string of the molecule is CC1CCC(Cn2c(N3CCN(C(=O)C4CC4)C[C@@H]3C)nc3cc(-c4noc(=O)[nH]4)nc(-c4cncc(Cl)c4)c32)CC1. The minimum Gasteiger partial charge on any atom is -0.339 e. The van der Waals surface area contributed by atoms with Crippen molar-refractivity contribution in [2.75, 3.05) is 24.5 Å². The molecule has 7 rings (SSSR count). The van der Waals surface area contributed by atoms with E-state index < -0.39 is 5.76 Å². The zero-order chi connectivity index (χ0) is 29.0. The molecule has 1 aliphatic heterocycles. The lowest BCUT2D eigenvalue weighted by molar-refractivity contribution is -0.133. The van der Waals surface area contributed by atoms with E-state index in [1.807, 2.05) is 17.0 Å². The summed E-state index contributed by atoms with van der Waals surface area (Å²) in [6, 6.07) is 3.79. The first-order chi connectivity index (χ1) is 20.3. The lowest BCUT2D eigenvalue weighted by Crippen LogP contribution is -2.54. The molecule has 0 radical (unpaired) electrons. The van der Waals surface area contributed by atoms with Crippen LogP contribution in [0.1, 0.15) is 52.4 Å². The topological polar surface area (TPSA) is 126 Å². The largest absolute Gasteiger partial charge is 0.439 e. The molecule has 11 nitrogen and oxygen atoms in total. The van der Waals surface area contributed by atoms with E-state index in [1.54, 1.807) is 12.4 Å². The lowest BCUT2D eigenvalue weighted by atomic mass is 9.83. The van der Waals surface area contributed by atoms with Crippen LogP contribution < -0.4 is 10.7 Å². The van der Waals surface area contributed by atoms with Crippen molar-refractivity contribution < 1.29 is 9.32 Å². The van der Waals surface area contributed by atoms with Crippen LogP contribution in [0, 0.1) is 17.8 Å². The van der Waals surface area contributed by atoms with Crippen LogP contribution in [0.3, 0.4) is 0 Å². The van der Waals surface area contributed by atoms with Crippen molar-refractivity contribution in [3.63, 3.8) is 0 Å². The third kappa shape index (κ3) is 5.19. The average molecular weight is 591 g/mol. The van der Waals surface area contributed by atoms with Gasteiger partial charge in [0.2, 0.25) is 17.7 Å². The van der Waals surface area contributed by atoms with Crippen LogP contribution >= 0.6 is 11.6 Å². The van der Waals surface area contributed by atoms with Crippen molar-refractivity contribution >= 4 is 34.5 Å². The van der Waals surface area contributed by atoms with Crippen LogP contribution in [0.4, 0.5) is 5.95 Å². The number of anilines is 1. The van der Waals surface area contributed by atoms with E-state index in [0.29, 0.717) is 42.0 Å². The van der Waals surface area contributed by atoms with Gasteiger partial charge in [-0.05, 0) is 56.6 Å². The van der Waals surface area contributed by atoms with Gasteiger partial charge in [-0.15, -0.1) is 0 Å². The summed E-state index contributed by atoms with van der Waals surface area (Å²) in [5, 5.41) is 4.39. The molecule has 2 saturated carbocycles. The molecule has 4 aromatic heterocycles. The van der Waals surface area contributed by atoms with Crippen molar-refractivity contribution in [2.24, 2.45) is 17.8 Å². The predicted molar refractivity (Wildman–Crippen MR) is 159 cm³/mol. The number of H-pyrrole nitrogens is 1. The average Bonchev–Trinajstić information content (AvgIpc) is 3.65. The second kappa shape index (κ2) is 10.8. The Bertz CT molecular complexity index is 1680. The van der Waals surface area contributed by atoms with Crippen LogP contribution in [0.2, 0.25) is 5.02 Å². The maximum absolute atomic E-state index is 12.9. The zero-order valence-corrected chi connectivity index (χ0v) is 24.7. The van der Waals surface area contributed by atoms with E-state index in [9.17, 15) is 9.59 Å². The number of carbonyl (C=O) groups is 1. The summed E-state index contributed by atoms with van der Waals surface area (Å²) in [7, 11) is 0. The second-order valence-electron chi connectivity index (χ2n) is 12.3. The number of carbonyl (C=O) groups excluding carboxylic acids is 1. The van der Waals surface area contributed by atoms with Gasteiger partial charge in [0.25, 0.3) is 0 Å². The normalized spacial score (nSPS) is 23.1. The van der Waals surface area contributed by atoms with E-state index in [2.05, 4.69) is 38.4 Å². The van der Waals surface area contributed by atoms with Crippen molar-refractivity contribution in [2.45, 2.75) is 65.0 Å². The highest BCUT2D eigenvalue weighted by Gasteiger charge is 2.37. The van der Waals surface area contributed by atoms with Crippen molar-refractivity contribution in [3.8, 4) is 22.8 Å². The van der Waals surface area contributed by atoms with Crippen LogP contribution in [0.25, 0.3) is 33.8 Å². The highest BCUT2D eigenvalue weighted by Crippen LogP contribution is 2.38. The van der Waals surface area contributed by atoms with Crippen molar-refractivity contribution in [3.05, 3.63) is 40.1 Å². The summed E-state index contributed by atoms with van der Waals surface area (Å²) < 4.78 is 7.12. The number of nitrogens with zero attached hydrogens (tertiary/aromatic N) is 7. The maximum atomic E-state index is 12.9. The summed E-state index contributed by atoms with van der Waals surface area (Å²) >= 11 is 6.40. The van der Waals surface area contributed by atoms with Gasteiger partial charge in [0.05, 0.1) is 21.7 Å². The summed E-state index contributed by atoms with van der Waals surface area (Å²) in [6.07, 6.45) is 10.1. The van der Waals surface area contributed by atoms with Crippen LogP contribution in [0.15, 0.2) is 33.8 Å². The van der Waals surface area contributed by atoms with Gasteiger partial charge >= 0.3 is 5.76 Å². The molecular formula is C30H35ClN8O3. The molecule has 0 aromatic carbocycles. The number of amides is 1.